The standard InChI is InChI=1S/C21H30N6O2/c1-4-5-12-29-21-24-19(22)20-23-15-17(27(20)25-21)14-16-9-6-7-10-18(16)28-13-8-11-26(2)3/h6-7,9-10,15H,4-5,8,11-14H2,1-3H3,(H2,22,24,25). The van der Waals surface area contributed by atoms with E-state index >= 15 is 0 Å². The molecule has 2 N–H and O–H groups in total. The Morgan fingerprint density at radius 2 is 1.90 bits per heavy atom. The SMILES string of the molecule is CCCCOc1nc(N)c2ncc(Cc3ccccc3OCCCN(C)C)n2n1. The highest BCUT2D eigenvalue weighted by Gasteiger charge is 2.14. The van der Waals surface area contributed by atoms with Gasteiger partial charge in [-0.05, 0) is 33.0 Å². The number of nitrogens with zero attached hydrogens (tertiary/aromatic N) is 5. The second kappa shape index (κ2) is 10.1. The summed E-state index contributed by atoms with van der Waals surface area (Å²) in [5, 5.41) is 4.48. The van der Waals surface area contributed by atoms with Gasteiger partial charge in [-0.2, -0.15) is 4.98 Å². The zero-order chi connectivity index (χ0) is 20.6. The third kappa shape index (κ3) is 5.57. The van der Waals surface area contributed by atoms with Crippen LogP contribution in [0, 0.1) is 0 Å². The summed E-state index contributed by atoms with van der Waals surface area (Å²) < 4.78 is 13.4. The van der Waals surface area contributed by atoms with Crippen LogP contribution < -0.4 is 15.2 Å². The molecule has 3 aromatic rings. The molecular weight excluding hydrogens is 368 g/mol. The summed E-state index contributed by atoms with van der Waals surface area (Å²) in [6.07, 6.45) is 5.35. The van der Waals surface area contributed by atoms with Crippen molar-refractivity contribution >= 4 is 11.5 Å². The van der Waals surface area contributed by atoms with Gasteiger partial charge in [-0.15, -0.1) is 5.10 Å². The van der Waals surface area contributed by atoms with E-state index in [0.29, 0.717) is 31.1 Å². The maximum absolute atomic E-state index is 6.06. The Labute approximate surface area is 171 Å². The fraction of sp³-hybridized carbons (Fsp3) is 0.476. The minimum Gasteiger partial charge on any atom is -0.493 e. The van der Waals surface area contributed by atoms with Gasteiger partial charge in [-0.25, -0.2) is 9.50 Å². The van der Waals surface area contributed by atoms with E-state index in [1.807, 2.05) is 18.2 Å². The zero-order valence-electron chi connectivity index (χ0n) is 17.5. The first-order valence-electron chi connectivity index (χ1n) is 10.1. The predicted octanol–water partition coefficient (Wildman–Crippen LogP) is 2.81. The number of ether oxygens (including phenoxy) is 2. The van der Waals surface area contributed by atoms with Gasteiger partial charge in [0, 0.05) is 18.5 Å². The third-order valence-corrected chi connectivity index (χ3v) is 4.52. The average molecular weight is 399 g/mol. The van der Waals surface area contributed by atoms with Crippen LogP contribution in [0.2, 0.25) is 0 Å². The molecule has 0 aliphatic heterocycles. The first kappa shape index (κ1) is 20.9. The highest BCUT2D eigenvalue weighted by atomic mass is 16.5. The smallest absolute Gasteiger partial charge is 0.336 e. The van der Waals surface area contributed by atoms with Gasteiger partial charge >= 0.3 is 6.01 Å². The average Bonchev–Trinajstić information content (AvgIpc) is 3.10. The van der Waals surface area contributed by atoms with Crippen LogP contribution in [0.1, 0.15) is 37.4 Å². The van der Waals surface area contributed by atoms with Crippen LogP contribution in [-0.2, 0) is 6.42 Å². The summed E-state index contributed by atoms with van der Waals surface area (Å²) in [4.78, 5) is 10.7. The number of para-hydroxylation sites is 1. The Balaban J connectivity index is 1.77. The number of benzene rings is 1. The maximum Gasteiger partial charge on any atom is 0.336 e. The number of nitrogen functional groups attached to an aromatic ring is 1. The summed E-state index contributed by atoms with van der Waals surface area (Å²) in [7, 11) is 4.12. The number of nitrogens with two attached hydrogens (primary N) is 1. The van der Waals surface area contributed by atoms with Crippen molar-refractivity contribution in [3.05, 3.63) is 41.7 Å². The van der Waals surface area contributed by atoms with Gasteiger partial charge in [0.25, 0.3) is 0 Å². The first-order valence-corrected chi connectivity index (χ1v) is 10.1. The Morgan fingerprint density at radius 1 is 1.10 bits per heavy atom. The number of hydrogen-bond donors (Lipinski definition) is 1. The van der Waals surface area contributed by atoms with Crippen molar-refractivity contribution in [3.8, 4) is 11.8 Å². The largest absolute Gasteiger partial charge is 0.493 e. The molecule has 0 fully saturated rings. The molecule has 156 valence electrons. The topological polar surface area (TPSA) is 90.8 Å². The highest BCUT2D eigenvalue weighted by molar-refractivity contribution is 5.60. The molecule has 8 heteroatoms. The van der Waals surface area contributed by atoms with Crippen molar-refractivity contribution in [2.45, 2.75) is 32.6 Å². The Bertz CT molecular complexity index is 925. The van der Waals surface area contributed by atoms with Gasteiger partial charge in [0.1, 0.15) is 5.75 Å². The molecule has 2 heterocycles. The number of anilines is 1. The van der Waals surface area contributed by atoms with Crippen molar-refractivity contribution < 1.29 is 9.47 Å². The van der Waals surface area contributed by atoms with Crippen molar-refractivity contribution in [1.82, 2.24) is 24.5 Å². The lowest BCUT2D eigenvalue weighted by atomic mass is 10.1. The fourth-order valence-corrected chi connectivity index (χ4v) is 2.97. The Kier molecular flexibility index (Phi) is 7.24. The first-order chi connectivity index (χ1) is 14.1. The molecule has 0 amide bonds. The lowest BCUT2D eigenvalue weighted by Gasteiger charge is -2.13. The minimum absolute atomic E-state index is 0.274. The molecule has 0 spiro atoms. The molecule has 0 atom stereocenters. The number of imidazole rings is 1. The van der Waals surface area contributed by atoms with Gasteiger partial charge in [-0.1, -0.05) is 31.5 Å². The monoisotopic (exact) mass is 398 g/mol. The predicted molar refractivity (Wildman–Crippen MR) is 114 cm³/mol. The normalized spacial score (nSPS) is 11.3. The summed E-state index contributed by atoms with van der Waals surface area (Å²) in [6, 6.07) is 8.32. The summed E-state index contributed by atoms with van der Waals surface area (Å²) in [5.41, 5.74) is 8.57. The second-order valence-electron chi connectivity index (χ2n) is 7.26. The van der Waals surface area contributed by atoms with Crippen LogP contribution >= 0.6 is 0 Å². The molecule has 0 saturated heterocycles. The van der Waals surface area contributed by atoms with Crippen molar-refractivity contribution in [1.29, 1.82) is 0 Å². The third-order valence-electron chi connectivity index (χ3n) is 4.52. The van der Waals surface area contributed by atoms with Gasteiger partial charge in [0.2, 0.25) is 0 Å². The Morgan fingerprint density at radius 3 is 2.69 bits per heavy atom. The minimum atomic E-state index is 0.274. The summed E-state index contributed by atoms with van der Waals surface area (Å²) in [6.45, 7) is 4.34. The summed E-state index contributed by atoms with van der Waals surface area (Å²) in [5.74, 6) is 1.19. The molecule has 0 bridgehead atoms. The molecule has 0 saturated carbocycles. The maximum atomic E-state index is 6.06. The molecule has 29 heavy (non-hydrogen) atoms. The number of rotatable bonds is 11. The lowest BCUT2D eigenvalue weighted by molar-refractivity contribution is 0.279. The van der Waals surface area contributed by atoms with Gasteiger partial charge < -0.3 is 20.1 Å². The van der Waals surface area contributed by atoms with Crippen LogP contribution in [0.5, 0.6) is 11.8 Å². The molecular formula is C21H30N6O2. The van der Waals surface area contributed by atoms with Crippen molar-refractivity contribution in [3.63, 3.8) is 0 Å². The molecule has 0 aliphatic rings. The van der Waals surface area contributed by atoms with Gasteiger partial charge in [0.15, 0.2) is 11.5 Å². The second-order valence-corrected chi connectivity index (χ2v) is 7.26. The van der Waals surface area contributed by atoms with E-state index in [0.717, 1.165) is 42.8 Å². The molecule has 8 nitrogen and oxygen atoms in total. The lowest BCUT2D eigenvalue weighted by Crippen LogP contribution is -2.15. The van der Waals surface area contributed by atoms with E-state index in [4.69, 9.17) is 15.2 Å². The number of aromatic nitrogens is 4. The van der Waals surface area contributed by atoms with Gasteiger partial charge in [-0.3, -0.25) is 0 Å². The van der Waals surface area contributed by atoms with Crippen LogP contribution in [-0.4, -0.2) is 58.3 Å². The molecule has 0 aliphatic carbocycles. The Hall–Kier alpha value is -2.87. The van der Waals surface area contributed by atoms with E-state index in [2.05, 4.69) is 47.1 Å². The quantitative estimate of drug-likeness (QED) is 0.497. The van der Waals surface area contributed by atoms with Crippen LogP contribution in [0.4, 0.5) is 5.82 Å². The fourth-order valence-electron chi connectivity index (χ4n) is 2.97. The van der Waals surface area contributed by atoms with E-state index in [9.17, 15) is 0 Å². The number of hydrogen-bond acceptors (Lipinski definition) is 7. The molecule has 3 rings (SSSR count). The van der Waals surface area contributed by atoms with Crippen LogP contribution in [0.3, 0.4) is 0 Å². The van der Waals surface area contributed by atoms with Crippen molar-refractivity contribution in [2.75, 3.05) is 39.6 Å². The zero-order valence-corrected chi connectivity index (χ0v) is 17.5. The number of unbranched alkanes of at least 4 members (excludes halogenated alkanes) is 1. The highest BCUT2D eigenvalue weighted by Crippen LogP contribution is 2.23. The van der Waals surface area contributed by atoms with Crippen molar-refractivity contribution in [2.24, 2.45) is 0 Å². The van der Waals surface area contributed by atoms with E-state index < -0.39 is 0 Å². The molecule has 2 aromatic heterocycles. The molecule has 0 unspecified atom stereocenters. The molecule has 1 aromatic carbocycles. The van der Waals surface area contributed by atoms with Crippen LogP contribution in [0.15, 0.2) is 30.5 Å². The van der Waals surface area contributed by atoms with E-state index in [1.165, 1.54) is 0 Å². The van der Waals surface area contributed by atoms with Gasteiger partial charge in [0.05, 0.1) is 25.1 Å². The van der Waals surface area contributed by atoms with Crippen LogP contribution in [0.25, 0.3) is 5.65 Å². The van der Waals surface area contributed by atoms with E-state index in [-0.39, 0.29) is 6.01 Å². The number of fused-ring (bicyclic) bond motifs is 1. The molecule has 0 radical (unpaired) electrons. The summed E-state index contributed by atoms with van der Waals surface area (Å²) >= 11 is 0. The van der Waals surface area contributed by atoms with E-state index in [1.54, 1.807) is 10.7 Å².